The van der Waals surface area contributed by atoms with E-state index in [1.807, 2.05) is 60.7 Å². The van der Waals surface area contributed by atoms with Crippen LogP contribution in [-0.4, -0.2) is 47.4 Å². The lowest BCUT2D eigenvalue weighted by Gasteiger charge is -2.39. The first kappa shape index (κ1) is 25.6. The number of amides is 1. The van der Waals surface area contributed by atoms with E-state index in [4.69, 9.17) is 14.8 Å². The lowest BCUT2D eigenvalue weighted by atomic mass is 10.1. The summed E-state index contributed by atoms with van der Waals surface area (Å²) in [5.74, 6) is 0.806. The SMILES string of the molecule is COc1cccc(C=CC2=NN(c3cccc(S(=O)(=O)O)c3)C3(C2)SCC(=O)N3c2nc3ccccc3s2)c1. The third kappa shape index (κ3) is 4.69. The summed E-state index contributed by atoms with van der Waals surface area (Å²) in [6.07, 6.45) is 4.15. The van der Waals surface area contributed by atoms with Gasteiger partial charge in [0.1, 0.15) is 5.75 Å². The second-order valence-corrected chi connectivity index (χ2v) is 12.5. The molecule has 1 aromatic heterocycles. The number of anilines is 2. The van der Waals surface area contributed by atoms with Crippen molar-refractivity contribution in [3.63, 3.8) is 0 Å². The van der Waals surface area contributed by atoms with Crippen molar-refractivity contribution in [3.05, 3.63) is 84.4 Å². The number of hydrogen-bond donors (Lipinski definition) is 1. The van der Waals surface area contributed by atoms with Crippen LogP contribution in [-0.2, 0) is 14.9 Å². The molecule has 1 amide bonds. The van der Waals surface area contributed by atoms with Gasteiger partial charge in [0.25, 0.3) is 10.1 Å². The van der Waals surface area contributed by atoms with E-state index in [1.165, 1.54) is 41.3 Å². The van der Waals surface area contributed by atoms with Crippen LogP contribution in [0.2, 0.25) is 0 Å². The van der Waals surface area contributed by atoms with Gasteiger partial charge in [0, 0.05) is 6.42 Å². The Morgan fingerprint density at radius 2 is 1.87 bits per heavy atom. The number of thiazole rings is 1. The van der Waals surface area contributed by atoms with Gasteiger partial charge in [-0.05, 0) is 54.1 Å². The molecule has 0 aliphatic carbocycles. The fourth-order valence-corrected chi connectivity index (χ4v) is 7.56. The Hall–Kier alpha value is -3.71. The minimum atomic E-state index is -4.45. The number of methoxy groups -OCH3 is 1. The molecule has 3 heterocycles. The number of hydrazone groups is 1. The first-order valence-corrected chi connectivity index (χ1v) is 15.1. The molecule has 6 rings (SSSR count). The number of fused-ring (bicyclic) bond motifs is 1. The number of para-hydroxylation sites is 1. The topological polar surface area (TPSA) is 112 Å². The summed E-state index contributed by atoms with van der Waals surface area (Å²) >= 11 is 2.82. The van der Waals surface area contributed by atoms with Gasteiger partial charge < -0.3 is 4.74 Å². The van der Waals surface area contributed by atoms with Gasteiger partial charge in [-0.15, -0.1) is 0 Å². The Bertz CT molecular complexity index is 1730. The fraction of sp³-hybridized carbons (Fsp3) is 0.148. The number of allylic oxidation sites excluding steroid dienone is 1. The first-order valence-electron chi connectivity index (χ1n) is 11.9. The number of thioether (sulfide) groups is 1. The summed E-state index contributed by atoms with van der Waals surface area (Å²) in [6.45, 7) is 0. The molecular weight excluding hydrogens is 557 g/mol. The van der Waals surface area contributed by atoms with E-state index in [9.17, 15) is 17.8 Å². The number of aromatic nitrogens is 1. The number of ether oxygens (including phenoxy) is 1. The van der Waals surface area contributed by atoms with Gasteiger partial charge in [-0.1, -0.05) is 59.5 Å². The molecule has 39 heavy (non-hydrogen) atoms. The zero-order valence-corrected chi connectivity index (χ0v) is 23.0. The predicted octanol–water partition coefficient (Wildman–Crippen LogP) is 5.26. The van der Waals surface area contributed by atoms with Crippen molar-refractivity contribution in [2.45, 2.75) is 16.3 Å². The average molecular weight is 579 g/mol. The van der Waals surface area contributed by atoms with Gasteiger partial charge >= 0.3 is 0 Å². The van der Waals surface area contributed by atoms with Crippen molar-refractivity contribution >= 4 is 71.9 Å². The molecule has 12 heteroatoms. The molecular formula is C27H22N4O5S3. The maximum atomic E-state index is 13.4. The smallest absolute Gasteiger partial charge is 0.294 e. The number of rotatable bonds is 6. The lowest BCUT2D eigenvalue weighted by molar-refractivity contribution is -0.116. The molecule has 4 aromatic rings. The molecule has 1 N–H and O–H groups in total. The van der Waals surface area contributed by atoms with Crippen molar-refractivity contribution in [2.24, 2.45) is 5.10 Å². The minimum Gasteiger partial charge on any atom is -0.497 e. The van der Waals surface area contributed by atoms with Crippen LogP contribution >= 0.6 is 23.1 Å². The van der Waals surface area contributed by atoms with Crippen molar-refractivity contribution in [1.82, 2.24) is 4.98 Å². The van der Waals surface area contributed by atoms with E-state index in [0.29, 0.717) is 23.0 Å². The predicted molar refractivity (Wildman–Crippen MR) is 155 cm³/mol. The van der Waals surface area contributed by atoms with Crippen LogP contribution in [0.1, 0.15) is 12.0 Å². The Labute approximate surface area is 233 Å². The number of carbonyl (C=O) groups excluding carboxylic acids is 1. The standard InChI is InChI=1S/C27H22N4O5S3/c1-36-21-8-4-6-18(14-21)12-13-19-16-27(31(29-19)20-7-5-9-22(15-20)39(33,34)35)30(25(32)17-37-27)26-28-23-10-2-3-11-24(23)38-26/h2-15H,16-17H2,1H3,(H,33,34,35). The van der Waals surface area contributed by atoms with Crippen LogP contribution in [0.25, 0.3) is 16.3 Å². The van der Waals surface area contributed by atoms with Crippen LogP contribution < -0.4 is 14.6 Å². The molecule has 1 atom stereocenters. The highest BCUT2D eigenvalue weighted by Crippen LogP contribution is 2.51. The van der Waals surface area contributed by atoms with Crippen LogP contribution in [0.4, 0.5) is 10.8 Å². The molecule has 198 valence electrons. The largest absolute Gasteiger partial charge is 0.497 e. The molecule has 9 nitrogen and oxygen atoms in total. The van der Waals surface area contributed by atoms with Crippen molar-refractivity contribution in [1.29, 1.82) is 0 Å². The first-order chi connectivity index (χ1) is 18.8. The highest BCUT2D eigenvalue weighted by Gasteiger charge is 2.56. The third-order valence-corrected chi connectivity index (χ3v) is 9.62. The fourth-order valence-electron chi connectivity index (χ4n) is 4.62. The molecule has 1 unspecified atom stereocenters. The summed E-state index contributed by atoms with van der Waals surface area (Å²) in [5, 5.41) is 7.05. The maximum absolute atomic E-state index is 13.4. The second kappa shape index (κ2) is 9.79. The molecule has 2 aliphatic heterocycles. The van der Waals surface area contributed by atoms with E-state index in [0.717, 1.165) is 21.5 Å². The maximum Gasteiger partial charge on any atom is 0.294 e. The van der Waals surface area contributed by atoms with E-state index >= 15 is 0 Å². The second-order valence-electron chi connectivity index (χ2n) is 8.89. The quantitative estimate of drug-likeness (QED) is 0.308. The Morgan fingerprint density at radius 3 is 2.67 bits per heavy atom. The summed E-state index contributed by atoms with van der Waals surface area (Å²) in [7, 11) is -2.84. The van der Waals surface area contributed by atoms with Gasteiger partial charge in [0.15, 0.2) is 10.1 Å². The highest BCUT2D eigenvalue weighted by molar-refractivity contribution is 8.02. The average Bonchev–Trinajstić information content (AvgIpc) is 3.62. The summed E-state index contributed by atoms with van der Waals surface area (Å²) in [6, 6.07) is 21.2. The summed E-state index contributed by atoms with van der Waals surface area (Å²) in [5.41, 5.74) is 2.80. The molecule has 0 saturated carbocycles. The van der Waals surface area contributed by atoms with Gasteiger partial charge in [0.2, 0.25) is 5.91 Å². The Balaban J connectivity index is 1.46. The van der Waals surface area contributed by atoms with Crippen LogP contribution in [0.5, 0.6) is 5.75 Å². The third-order valence-electron chi connectivity index (χ3n) is 6.39. The number of hydrogen-bond acceptors (Lipinski definition) is 9. The Kier molecular flexibility index (Phi) is 6.42. The van der Waals surface area contributed by atoms with Crippen molar-refractivity contribution < 1.29 is 22.5 Å². The molecule has 3 aromatic carbocycles. The normalized spacial score (nSPS) is 19.5. The van der Waals surface area contributed by atoms with E-state index < -0.39 is 15.1 Å². The number of nitrogens with zero attached hydrogens (tertiary/aromatic N) is 4. The van der Waals surface area contributed by atoms with Crippen LogP contribution in [0.15, 0.2) is 88.9 Å². The van der Waals surface area contributed by atoms with Crippen LogP contribution in [0.3, 0.4) is 0 Å². The minimum absolute atomic E-state index is 0.122. The molecule has 1 fully saturated rings. The van der Waals surface area contributed by atoms with E-state index in [2.05, 4.69) is 0 Å². The summed E-state index contributed by atoms with van der Waals surface area (Å²) in [4.78, 5) is 18.5. The van der Waals surface area contributed by atoms with Gasteiger partial charge in [-0.3, -0.25) is 14.2 Å². The molecule has 1 spiro atoms. The van der Waals surface area contributed by atoms with Crippen molar-refractivity contribution in [2.75, 3.05) is 22.8 Å². The molecule has 2 aliphatic rings. The number of benzene rings is 3. The van der Waals surface area contributed by atoms with Crippen molar-refractivity contribution in [3.8, 4) is 5.75 Å². The van der Waals surface area contributed by atoms with Crippen LogP contribution in [0, 0.1) is 0 Å². The number of carbonyl (C=O) groups is 1. The lowest BCUT2D eigenvalue weighted by Crippen LogP contribution is -2.53. The summed E-state index contributed by atoms with van der Waals surface area (Å²) < 4.78 is 39.8. The van der Waals surface area contributed by atoms with Gasteiger partial charge in [0.05, 0.1) is 39.4 Å². The zero-order valence-electron chi connectivity index (χ0n) is 20.6. The zero-order chi connectivity index (χ0) is 27.2. The van der Waals surface area contributed by atoms with E-state index in [1.54, 1.807) is 23.1 Å². The van der Waals surface area contributed by atoms with Gasteiger partial charge in [-0.2, -0.15) is 13.5 Å². The molecule has 1 saturated heterocycles. The Morgan fingerprint density at radius 1 is 1.05 bits per heavy atom. The highest BCUT2D eigenvalue weighted by atomic mass is 32.2. The molecule has 0 radical (unpaired) electrons. The van der Waals surface area contributed by atoms with E-state index in [-0.39, 0.29) is 16.6 Å². The molecule has 0 bridgehead atoms. The monoisotopic (exact) mass is 578 g/mol. The van der Waals surface area contributed by atoms with Gasteiger partial charge in [-0.25, -0.2) is 9.99 Å².